The van der Waals surface area contributed by atoms with Gasteiger partial charge < -0.3 is 20.9 Å². The number of aliphatic hydroxyl groups is 1. The number of carbonyl (C=O) groups excluding carboxylic acids is 1. The van der Waals surface area contributed by atoms with Crippen LogP contribution < -0.4 is 26.4 Å². The van der Waals surface area contributed by atoms with Gasteiger partial charge in [0.15, 0.2) is 11.6 Å². The van der Waals surface area contributed by atoms with Crippen LogP contribution in [0.4, 0.5) is 8.78 Å². The molecule has 4 N–H and O–H groups in total. The first-order valence-electron chi connectivity index (χ1n) is 11.6. The molecule has 9 heteroatoms. The Morgan fingerprint density at radius 2 is 2.00 bits per heavy atom. The van der Waals surface area contributed by atoms with E-state index in [4.69, 9.17) is 32.2 Å². The van der Waals surface area contributed by atoms with Gasteiger partial charge in [-0.1, -0.05) is 41.9 Å². The van der Waals surface area contributed by atoms with E-state index in [9.17, 15) is 4.79 Å². The molecule has 2 heterocycles. The number of primary amides is 1. The monoisotopic (exact) mass is 511 g/mol. The summed E-state index contributed by atoms with van der Waals surface area (Å²) in [5.41, 5.74) is 5.11. The average Bonchev–Trinajstić information content (AvgIpc) is 3.54. The van der Waals surface area contributed by atoms with Crippen molar-refractivity contribution in [2.75, 3.05) is 19.8 Å². The Morgan fingerprint density at radius 1 is 1.22 bits per heavy atom. The number of hydrogen-bond donors (Lipinski definition) is 3. The van der Waals surface area contributed by atoms with Gasteiger partial charge in [-0.2, -0.15) is 0 Å². The molecule has 186 valence electrons. The second-order valence-electron chi connectivity index (χ2n) is 8.81. The molecule has 0 aromatic heterocycles. The first kappa shape index (κ1) is 24.4. The van der Waals surface area contributed by atoms with Crippen LogP contribution in [0.5, 0.6) is 5.75 Å². The fourth-order valence-corrected chi connectivity index (χ4v) is 5.38. The van der Waals surface area contributed by atoms with Crippen molar-refractivity contribution in [1.29, 1.82) is 0 Å². The molecule has 0 spiro atoms. The van der Waals surface area contributed by atoms with Gasteiger partial charge in [0, 0.05) is 28.5 Å². The molecule has 1 fully saturated rings. The van der Waals surface area contributed by atoms with E-state index in [1.165, 1.54) is 18.2 Å². The van der Waals surface area contributed by atoms with Crippen molar-refractivity contribution in [1.82, 2.24) is 5.32 Å². The number of fused-ring (bicyclic) bond motifs is 1. The molecular weight excluding hydrogens is 488 g/mol. The summed E-state index contributed by atoms with van der Waals surface area (Å²) in [7, 11) is 0. The van der Waals surface area contributed by atoms with Gasteiger partial charge in [-0.15, -0.1) is 0 Å². The van der Waals surface area contributed by atoms with E-state index >= 15 is 8.78 Å². The predicted molar refractivity (Wildman–Crippen MR) is 132 cm³/mol. The molecule has 2 aliphatic heterocycles. The SMILES string of the molecule is NC(=O)c1ccc(OCCO)c(F)c1-c1c(Cl)c(F)cc2c1=C[C@](c1ccccc1)([C@@H]1CCCN1)N=2. The second-order valence-corrected chi connectivity index (χ2v) is 9.19. The summed E-state index contributed by atoms with van der Waals surface area (Å²) in [6.07, 6.45) is 3.65. The first-order valence-corrected chi connectivity index (χ1v) is 12.0. The van der Waals surface area contributed by atoms with Gasteiger partial charge in [0.2, 0.25) is 5.91 Å². The summed E-state index contributed by atoms with van der Waals surface area (Å²) >= 11 is 6.46. The third kappa shape index (κ3) is 3.95. The van der Waals surface area contributed by atoms with E-state index in [2.05, 4.69) is 5.32 Å². The number of hydrogen-bond acceptors (Lipinski definition) is 5. The van der Waals surface area contributed by atoms with Crippen LogP contribution in [0.3, 0.4) is 0 Å². The third-order valence-electron chi connectivity index (χ3n) is 6.71. The van der Waals surface area contributed by atoms with Crippen LogP contribution >= 0.6 is 11.6 Å². The molecule has 0 bridgehead atoms. The topological polar surface area (TPSA) is 96.9 Å². The molecule has 1 saturated heterocycles. The zero-order chi connectivity index (χ0) is 25.4. The number of carbonyl (C=O) groups is 1. The summed E-state index contributed by atoms with van der Waals surface area (Å²) in [4.78, 5) is 17.3. The number of rotatable bonds is 7. The van der Waals surface area contributed by atoms with Gasteiger partial charge in [-0.25, -0.2) is 8.78 Å². The smallest absolute Gasteiger partial charge is 0.249 e. The minimum Gasteiger partial charge on any atom is -0.488 e. The Balaban J connectivity index is 1.85. The fourth-order valence-electron chi connectivity index (χ4n) is 5.13. The number of ether oxygens (including phenoxy) is 1. The van der Waals surface area contributed by atoms with E-state index in [1.807, 2.05) is 36.4 Å². The first-order chi connectivity index (χ1) is 17.4. The zero-order valence-corrected chi connectivity index (χ0v) is 20.0. The number of nitrogens with two attached hydrogens (primary N) is 1. The number of nitrogens with zero attached hydrogens (tertiary/aromatic N) is 1. The number of amides is 1. The Bertz CT molecular complexity index is 1460. The minimum absolute atomic E-state index is 0.0213. The third-order valence-corrected chi connectivity index (χ3v) is 7.08. The fraction of sp³-hybridized carbons (Fsp3) is 0.259. The van der Waals surface area contributed by atoms with Crippen LogP contribution in [-0.2, 0) is 5.54 Å². The normalized spacial score (nSPS) is 20.5. The summed E-state index contributed by atoms with van der Waals surface area (Å²) in [6.45, 7) is 0.294. The molecule has 2 aliphatic rings. The molecule has 0 aliphatic carbocycles. The maximum Gasteiger partial charge on any atom is 0.249 e. The number of aliphatic hydroxyl groups excluding tert-OH is 1. The van der Waals surface area contributed by atoms with E-state index in [0.29, 0.717) is 10.6 Å². The van der Waals surface area contributed by atoms with Crippen molar-refractivity contribution >= 4 is 23.6 Å². The lowest BCUT2D eigenvalue weighted by molar-refractivity contribution is 0.100. The lowest BCUT2D eigenvalue weighted by Gasteiger charge is -2.31. The molecule has 0 unspecified atom stereocenters. The Morgan fingerprint density at radius 3 is 2.67 bits per heavy atom. The average molecular weight is 512 g/mol. The molecular formula is C27H24ClF2N3O3. The molecule has 3 aromatic rings. The number of nitrogens with one attached hydrogen (secondary N) is 1. The van der Waals surface area contributed by atoms with Crippen LogP contribution in [0.25, 0.3) is 17.2 Å². The van der Waals surface area contributed by atoms with E-state index in [0.717, 1.165) is 24.9 Å². The maximum atomic E-state index is 15.8. The second kappa shape index (κ2) is 9.61. The van der Waals surface area contributed by atoms with Gasteiger partial charge in [0.1, 0.15) is 18.0 Å². The van der Waals surface area contributed by atoms with Gasteiger partial charge in [-0.05, 0) is 43.2 Å². The Hall–Kier alpha value is -3.33. The lowest BCUT2D eigenvalue weighted by atomic mass is 9.82. The van der Waals surface area contributed by atoms with Crippen LogP contribution in [0, 0.1) is 11.6 Å². The van der Waals surface area contributed by atoms with Crippen molar-refractivity contribution in [3.8, 4) is 16.9 Å². The molecule has 5 rings (SSSR count). The van der Waals surface area contributed by atoms with Crippen molar-refractivity contribution < 1.29 is 23.4 Å². The molecule has 0 radical (unpaired) electrons. The predicted octanol–water partition coefficient (Wildman–Crippen LogP) is 2.82. The molecule has 6 nitrogen and oxygen atoms in total. The van der Waals surface area contributed by atoms with Crippen LogP contribution in [0.2, 0.25) is 5.02 Å². The van der Waals surface area contributed by atoms with E-state index in [1.54, 1.807) is 0 Å². The van der Waals surface area contributed by atoms with E-state index in [-0.39, 0.29) is 46.7 Å². The molecule has 2 atom stereocenters. The van der Waals surface area contributed by atoms with Crippen molar-refractivity contribution in [2.24, 2.45) is 10.7 Å². The van der Waals surface area contributed by atoms with Crippen molar-refractivity contribution in [2.45, 2.75) is 24.4 Å². The molecule has 3 aromatic carbocycles. The summed E-state index contributed by atoms with van der Waals surface area (Å²) in [5.74, 6) is -2.87. The van der Waals surface area contributed by atoms with Gasteiger partial charge >= 0.3 is 0 Å². The Kier molecular flexibility index (Phi) is 6.51. The number of halogens is 3. The van der Waals surface area contributed by atoms with Crippen LogP contribution in [0.15, 0.2) is 53.5 Å². The van der Waals surface area contributed by atoms with Crippen LogP contribution in [-0.4, -0.2) is 36.8 Å². The molecule has 0 saturated carbocycles. The quantitative estimate of drug-likeness (QED) is 0.454. The summed E-state index contributed by atoms with van der Waals surface area (Å²) < 4.78 is 36.3. The van der Waals surface area contributed by atoms with Crippen molar-refractivity contribution in [3.63, 3.8) is 0 Å². The standard InChI is InChI=1S/C27H24ClF2N3O3/c28-24-18(29)13-19-17(14-27(33-19,21-7-4-10-32-21)15-5-2-1-3-6-15)22(24)23-16(26(31)35)8-9-20(25(23)30)36-12-11-34/h1-3,5-6,8-9,13-14,21,32,34H,4,7,10-12H2,(H2,31,35)/t21-,27-/m0/s1. The van der Waals surface area contributed by atoms with Crippen molar-refractivity contribution in [3.05, 3.63) is 86.9 Å². The van der Waals surface area contributed by atoms with Gasteiger partial charge in [0.05, 0.1) is 22.6 Å². The minimum atomic E-state index is -0.931. The molecule has 36 heavy (non-hydrogen) atoms. The highest BCUT2D eigenvalue weighted by atomic mass is 35.5. The maximum absolute atomic E-state index is 15.8. The van der Waals surface area contributed by atoms with E-state index < -0.39 is 23.1 Å². The highest BCUT2D eigenvalue weighted by Crippen LogP contribution is 2.40. The van der Waals surface area contributed by atoms with Crippen LogP contribution in [0.1, 0.15) is 28.8 Å². The molecule has 1 amide bonds. The van der Waals surface area contributed by atoms with Gasteiger partial charge in [0.25, 0.3) is 0 Å². The Labute approximate surface area is 211 Å². The summed E-state index contributed by atoms with van der Waals surface area (Å²) in [6, 6.07) is 13.3. The van der Waals surface area contributed by atoms with Gasteiger partial charge in [-0.3, -0.25) is 9.79 Å². The summed E-state index contributed by atoms with van der Waals surface area (Å²) in [5, 5.41) is 12.9. The largest absolute Gasteiger partial charge is 0.488 e. The zero-order valence-electron chi connectivity index (χ0n) is 19.2. The highest BCUT2D eigenvalue weighted by molar-refractivity contribution is 6.33. The number of benzene rings is 3. The lowest BCUT2D eigenvalue weighted by Crippen LogP contribution is -2.42. The highest BCUT2D eigenvalue weighted by Gasteiger charge is 2.42.